The van der Waals surface area contributed by atoms with Crippen molar-refractivity contribution in [3.8, 4) is 0 Å². The minimum absolute atomic E-state index is 0.00442. The number of benzene rings is 2. The average molecular weight is 930 g/mol. The van der Waals surface area contributed by atoms with E-state index in [1.165, 1.54) is 42.5 Å². The van der Waals surface area contributed by atoms with Gasteiger partial charge in [0.25, 0.3) is 40.5 Å². The van der Waals surface area contributed by atoms with Crippen molar-refractivity contribution in [3.63, 3.8) is 0 Å². The van der Waals surface area contributed by atoms with Crippen molar-refractivity contribution in [2.75, 3.05) is 29.5 Å². The highest BCUT2D eigenvalue weighted by Crippen LogP contribution is 2.53. The zero-order valence-corrected chi connectivity index (χ0v) is 36.9. The Labute approximate surface area is 355 Å². The molecule has 0 saturated carbocycles. The van der Waals surface area contributed by atoms with Crippen LogP contribution < -0.4 is 4.90 Å². The Balaban J connectivity index is 1.63. The number of aliphatic hydroxyl groups excluding tert-OH is 1. The second-order valence-electron chi connectivity index (χ2n) is 16.1. The Hall–Kier alpha value is -4.29. The number of anilines is 1. The molecule has 334 valence electrons. The highest BCUT2D eigenvalue weighted by atomic mass is 32.2. The molecule has 1 aliphatic carbocycles. The summed E-state index contributed by atoms with van der Waals surface area (Å²) in [6.07, 6.45) is 4.71. The number of allylic oxidation sites excluding steroid dienone is 5. The number of unbranched alkanes of at least 4 members (excludes halogenated alkanes) is 4. The molecule has 6 N–H and O–H groups in total. The van der Waals surface area contributed by atoms with E-state index in [4.69, 9.17) is 5.11 Å². The molecule has 1 unspecified atom stereocenters. The molecule has 0 spiro atoms. The SMILES string of the molecule is CC1(C)C(/C=C2\C(=O)C(/C=C3\N(CCCCS(=O)(=O)O)c4ccc(S(=O)(=O)O)cc4C3(C)CCCCS(=O)(=O)O)=C2O)=[N+](CCCCCC(=O)O)c2ccc(S(=O)(=O)O)cc21. The Morgan fingerprint density at radius 1 is 0.738 bits per heavy atom. The maximum atomic E-state index is 14.2. The van der Waals surface area contributed by atoms with Crippen molar-refractivity contribution < 1.29 is 76.3 Å². The maximum Gasteiger partial charge on any atom is 0.303 e. The molecule has 2 aliphatic heterocycles. The highest BCUT2D eigenvalue weighted by Gasteiger charge is 2.48. The maximum absolute atomic E-state index is 14.2. The summed E-state index contributed by atoms with van der Waals surface area (Å²) in [6.45, 7) is 5.63. The molecule has 18 nitrogen and oxygen atoms in total. The van der Waals surface area contributed by atoms with Crippen LogP contribution in [0.1, 0.15) is 89.7 Å². The van der Waals surface area contributed by atoms with Crippen LogP contribution in [0.2, 0.25) is 0 Å². The van der Waals surface area contributed by atoms with Gasteiger partial charge < -0.3 is 15.1 Å². The number of carboxylic acids is 1. The Morgan fingerprint density at radius 2 is 1.31 bits per heavy atom. The number of fused-ring (bicyclic) bond motifs is 2. The second-order valence-corrected chi connectivity index (χ2v) is 22.1. The number of ketones is 1. The lowest BCUT2D eigenvalue weighted by atomic mass is 9.75. The van der Waals surface area contributed by atoms with Crippen molar-refractivity contribution in [1.82, 2.24) is 0 Å². The Bertz CT molecular complexity index is 2730. The molecule has 22 heteroatoms. The molecule has 5 rings (SSSR count). The van der Waals surface area contributed by atoms with Gasteiger partial charge in [0.05, 0.1) is 37.9 Å². The normalized spacial score (nSPS) is 20.4. The van der Waals surface area contributed by atoms with E-state index in [0.717, 1.165) is 6.07 Å². The van der Waals surface area contributed by atoms with Crippen molar-refractivity contribution in [2.45, 2.75) is 99.2 Å². The number of aliphatic carboxylic acids is 1. The fourth-order valence-corrected chi connectivity index (χ4v) is 10.4. The summed E-state index contributed by atoms with van der Waals surface area (Å²) in [5.74, 6) is -3.12. The molecule has 2 aromatic carbocycles. The molecule has 3 aliphatic rings. The highest BCUT2D eigenvalue weighted by molar-refractivity contribution is 7.86. The van der Waals surface area contributed by atoms with Gasteiger partial charge in [0.15, 0.2) is 5.71 Å². The molecule has 0 bridgehead atoms. The molecule has 0 amide bonds. The summed E-state index contributed by atoms with van der Waals surface area (Å²) in [5, 5.41) is 20.7. The summed E-state index contributed by atoms with van der Waals surface area (Å²) in [7, 11) is -18.0. The number of hydrogen-bond acceptors (Lipinski definition) is 12. The van der Waals surface area contributed by atoms with Gasteiger partial charge in [-0.05, 0) is 101 Å². The fourth-order valence-electron chi connectivity index (χ4n) is 8.20. The summed E-state index contributed by atoms with van der Waals surface area (Å²) < 4.78 is 135. The van der Waals surface area contributed by atoms with E-state index in [1.807, 2.05) is 4.58 Å². The molecule has 0 radical (unpaired) electrons. The quantitative estimate of drug-likeness (QED) is 0.0445. The minimum Gasteiger partial charge on any atom is -0.506 e. The lowest BCUT2D eigenvalue weighted by Crippen LogP contribution is -2.33. The predicted octanol–water partition coefficient (Wildman–Crippen LogP) is 4.91. The van der Waals surface area contributed by atoms with E-state index < -0.39 is 85.2 Å². The van der Waals surface area contributed by atoms with Crippen molar-refractivity contribution in [1.29, 1.82) is 0 Å². The third-order valence-corrected chi connectivity index (χ3v) is 14.7. The second kappa shape index (κ2) is 17.5. The van der Waals surface area contributed by atoms with E-state index in [2.05, 4.69) is 0 Å². The Kier molecular flexibility index (Phi) is 13.7. The van der Waals surface area contributed by atoms with Crippen LogP contribution in [-0.2, 0) is 60.9 Å². The summed E-state index contributed by atoms with van der Waals surface area (Å²) >= 11 is 0. The van der Waals surface area contributed by atoms with Crippen LogP contribution >= 0.6 is 0 Å². The largest absolute Gasteiger partial charge is 0.506 e. The van der Waals surface area contributed by atoms with Gasteiger partial charge in [-0.2, -0.15) is 38.2 Å². The first kappa shape index (κ1) is 47.8. The van der Waals surface area contributed by atoms with Crippen LogP contribution in [0.25, 0.3) is 0 Å². The molecule has 0 saturated heterocycles. The number of rotatable bonds is 20. The third-order valence-electron chi connectivity index (χ3n) is 11.4. The van der Waals surface area contributed by atoms with Crippen molar-refractivity contribution in [3.05, 3.63) is 82.3 Å². The van der Waals surface area contributed by atoms with Crippen LogP contribution in [0, 0.1) is 0 Å². The van der Waals surface area contributed by atoms with E-state index in [0.29, 0.717) is 59.7 Å². The number of Topliss-reactive ketones (excluding diaryl/α,β-unsaturated/α-hetero) is 1. The number of hydrogen-bond donors (Lipinski definition) is 6. The van der Waals surface area contributed by atoms with Crippen molar-refractivity contribution >= 4 is 69.3 Å². The minimum atomic E-state index is -4.73. The monoisotopic (exact) mass is 929 g/mol. The molecule has 0 aromatic heterocycles. The van der Waals surface area contributed by atoms with Gasteiger partial charge in [-0.15, -0.1) is 0 Å². The van der Waals surface area contributed by atoms with E-state index >= 15 is 0 Å². The van der Waals surface area contributed by atoms with Gasteiger partial charge in [0, 0.05) is 53.9 Å². The zero-order chi connectivity index (χ0) is 45.5. The van der Waals surface area contributed by atoms with Gasteiger partial charge in [0.1, 0.15) is 12.3 Å². The molecule has 61 heavy (non-hydrogen) atoms. The van der Waals surface area contributed by atoms with Crippen LogP contribution in [0.5, 0.6) is 0 Å². The fraction of sp³-hybridized carbons (Fsp3) is 0.462. The lowest BCUT2D eigenvalue weighted by molar-refractivity contribution is -0.438. The molecule has 1 atom stereocenters. The summed E-state index contributed by atoms with van der Waals surface area (Å²) in [6, 6.07) is 7.89. The van der Waals surface area contributed by atoms with Gasteiger partial charge in [-0.25, -0.2) is 0 Å². The lowest BCUT2D eigenvalue weighted by Gasteiger charge is -2.32. The van der Waals surface area contributed by atoms with Crippen LogP contribution in [-0.4, -0.2) is 109 Å². The van der Waals surface area contributed by atoms with Crippen LogP contribution in [0.4, 0.5) is 11.4 Å². The van der Waals surface area contributed by atoms with Crippen molar-refractivity contribution in [2.24, 2.45) is 0 Å². The standard InChI is InChI=1S/C39H48N2O16S4/c1-38(2)29-21-25(60(52,53)54)12-14-31(29)40(17-7-4-5-11-35(42)43)33(38)23-27-36(44)28(37(27)45)24-34-39(3,16-6-9-19-58(46,47)48)30-22-26(61(55,56)57)13-15-32(30)41(34)18-8-10-20-59(49,50)51/h12-15,21-24H,4-11,16-20H2,1-3H3,(H5-,42,43,44,45,46,47,48,49,50,51,52,53,54,55,56,57)/p+1. The van der Waals surface area contributed by atoms with E-state index in [9.17, 15) is 66.6 Å². The van der Waals surface area contributed by atoms with Crippen LogP contribution in [0.3, 0.4) is 0 Å². The number of carbonyl (C=O) groups is 2. The molecular formula is C39H49N2O16S4+. The summed E-state index contributed by atoms with van der Waals surface area (Å²) in [5.41, 5.74) is 0.188. The van der Waals surface area contributed by atoms with E-state index in [1.54, 1.807) is 25.7 Å². The number of carbonyl (C=O) groups excluding carboxylic acids is 1. The van der Waals surface area contributed by atoms with Gasteiger partial charge in [-0.1, -0.05) is 6.42 Å². The van der Waals surface area contributed by atoms with Crippen LogP contribution in [0.15, 0.2) is 80.9 Å². The van der Waals surface area contributed by atoms with E-state index in [-0.39, 0.29) is 61.1 Å². The zero-order valence-electron chi connectivity index (χ0n) is 33.6. The first-order chi connectivity index (χ1) is 28.1. The van der Waals surface area contributed by atoms with Gasteiger partial charge >= 0.3 is 5.97 Å². The topological polar surface area (TPSA) is 298 Å². The molecule has 2 heterocycles. The number of nitrogens with zero attached hydrogens (tertiary/aromatic N) is 2. The average Bonchev–Trinajstić information content (AvgIpc) is 3.49. The molecule has 2 aromatic rings. The first-order valence-electron chi connectivity index (χ1n) is 19.3. The molecular weight excluding hydrogens is 881 g/mol. The number of aliphatic hydroxyl groups is 1. The first-order valence-corrected chi connectivity index (χ1v) is 25.4. The molecule has 0 fully saturated rings. The smallest absolute Gasteiger partial charge is 0.303 e. The third kappa shape index (κ3) is 10.7. The number of carboxylic acid groups (broad SMARTS) is 1. The Morgan fingerprint density at radius 3 is 1.87 bits per heavy atom. The predicted molar refractivity (Wildman–Crippen MR) is 223 cm³/mol. The van der Waals surface area contributed by atoms with Gasteiger partial charge in [-0.3, -0.25) is 27.8 Å². The van der Waals surface area contributed by atoms with Gasteiger partial charge in [0.2, 0.25) is 11.5 Å². The summed E-state index contributed by atoms with van der Waals surface area (Å²) in [4.78, 5) is 26.1.